The van der Waals surface area contributed by atoms with Crippen molar-refractivity contribution < 1.29 is 9.53 Å². The van der Waals surface area contributed by atoms with Crippen molar-refractivity contribution in [3.05, 3.63) is 30.7 Å². The molecule has 15 heavy (non-hydrogen) atoms. The molecule has 0 aliphatic heterocycles. The lowest BCUT2D eigenvalue weighted by Gasteiger charge is -2.02. The summed E-state index contributed by atoms with van der Waals surface area (Å²) in [5.74, 6) is 0.632. The number of allylic oxidation sites excluding steroid dienone is 1. The molecule has 1 aromatic rings. The smallest absolute Gasteiger partial charge is 0.312 e. The van der Waals surface area contributed by atoms with Crippen LogP contribution in [0, 0.1) is 6.92 Å². The van der Waals surface area contributed by atoms with Crippen molar-refractivity contribution >= 4 is 5.97 Å². The minimum absolute atomic E-state index is 0.269. The van der Waals surface area contributed by atoms with Crippen molar-refractivity contribution in [3.63, 3.8) is 0 Å². The van der Waals surface area contributed by atoms with Gasteiger partial charge in [-0.25, -0.2) is 4.98 Å². The predicted octanol–water partition coefficient (Wildman–Crippen LogP) is 2.05. The van der Waals surface area contributed by atoms with Crippen LogP contribution in [0.5, 0.6) is 5.88 Å². The van der Waals surface area contributed by atoms with E-state index in [0.717, 1.165) is 12.8 Å². The standard InChI is InChI=1S/C11H14N2O2/c1-3-4-5-6-11(14)15-10-7-8-12-9(2)13-10/h3,7-8H,1,4-6H2,2H3. The molecule has 0 radical (unpaired) electrons. The van der Waals surface area contributed by atoms with E-state index in [9.17, 15) is 4.79 Å². The number of esters is 1. The topological polar surface area (TPSA) is 52.1 Å². The Bertz CT molecular complexity index is 350. The van der Waals surface area contributed by atoms with Crippen LogP contribution in [0.4, 0.5) is 0 Å². The first kappa shape index (κ1) is 11.4. The van der Waals surface area contributed by atoms with Crippen molar-refractivity contribution in [2.45, 2.75) is 26.2 Å². The van der Waals surface area contributed by atoms with Gasteiger partial charge in [-0.05, 0) is 19.8 Å². The van der Waals surface area contributed by atoms with E-state index in [1.807, 2.05) is 0 Å². The fraction of sp³-hybridized carbons (Fsp3) is 0.364. The summed E-state index contributed by atoms with van der Waals surface area (Å²) in [5, 5.41) is 0. The zero-order valence-electron chi connectivity index (χ0n) is 8.77. The summed E-state index contributed by atoms with van der Waals surface area (Å²) in [6.07, 6.45) is 5.30. The van der Waals surface area contributed by atoms with E-state index in [4.69, 9.17) is 4.74 Å². The summed E-state index contributed by atoms with van der Waals surface area (Å²) in [7, 11) is 0. The van der Waals surface area contributed by atoms with Crippen LogP contribution in [0.1, 0.15) is 25.1 Å². The van der Waals surface area contributed by atoms with Crippen LogP contribution in [-0.2, 0) is 4.79 Å². The first-order valence-corrected chi connectivity index (χ1v) is 4.83. The number of hydrogen-bond acceptors (Lipinski definition) is 4. The summed E-state index contributed by atoms with van der Waals surface area (Å²) in [5.41, 5.74) is 0. The van der Waals surface area contributed by atoms with Crippen molar-refractivity contribution in [2.24, 2.45) is 0 Å². The second kappa shape index (κ2) is 5.90. The van der Waals surface area contributed by atoms with Gasteiger partial charge in [-0.2, -0.15) is 4.98 Å². The van der Waals surface area contributed by atoms with Gasteiger partial charge in [0.2, 0.25) is 5.88 Å². The predicted molar refractivity (Wildman–Crippen MR) is 56.5 cm³/mol. The number of unbranched alkanes of at least 4 members (excludes halogenated alkanes) is 1. The van der Waals surface area contributed by atoms with Gasteiger partial charge in [-0.3, -0.25) is 4.79 Å². The Morgan fingerprint density at radius 1 is 1.67 bits per heavy atom. The molecule has 0 aliphatic rings. The molecule has 0 fully saturated rings. The molecule has 0 amide bonds. The molecule has 0 spiro atoms. The lowest BCUT2D eigenvalue weighted by molar-refractivity contribution is -0.134. The summed E-state index contributed by atoms with van der Waals surface area (Å²) < 4.78 is 5.02. The molecular formula is C11H14N2O2. The summed E-state index contributed by atoms with van der Waals surface area (Å²) >= 11 is 0. The third kappa shape index (κ3) is 4.35. The van der Waals surface area contributed by atoms with Gasteiger partial charge in [0.05, 0.1) is 0 Å². The molecule has 0 saturated carbocycles. The van der Waals surface area contributed by atoms with Gasteiger partial charge in [-0.15, -0.1) is 6.58 Å². The molecule has 0 bridgehead atoms. The molecule has 1 heterocycles. The SMILES string of the molecule is C=CCCCC(=O)Oc1ccnc(C)n1. The van der Waals surface area contributed by atoms with Crippen LogP contribution in [0.3, 0.4) is 0 Å². The first-order chi connectivity index (χ1) is 7.22. The Morgan fingerprint density at radius 2 is 2.47 bits per heavy atom. The Kier molecular flexibility index (Phi) is 4.47. The molecule has 80 valence electrons. The summed E-state index contributed by atoms with van der Waals surface area (Å²) in [4.78, 5) is 19.2. The minimum atomic E-state index is -0.269. The third-order valence-electron chi connectivity index (χ3n) is 1.76. The average molecular weight is 206 g/mol. The molecule has 0 atom stereocenters. The van der Waals surface area contributed by atoms with Gasteiger partial charge in [0.25, 0.3) is 0 Å². The minimum Gasteiger partial charge on any atom is -0.407 e. The zero-order chi connectivity index (χ0) is 11.1. The quantitative estimate of drug-likeness (QED) is 0.420. The number of ether oxygens (including phenoxy) is 1. The molecule has 1 aromatic heterocycles. The molecule has 0 saturated heterocycles. The van der Waals surface area contributed by atoms with Gasteiger partial charge in [0, 0.05) is 18.7 Å². The maximum Gasteiger partial charge on any atom is 0.312 e. The highest BCUT2D eigenvalue weighted by Crippen LogP contribution is 2.07. The van der Waals surface area contributed by atoms with E-state index in [-0.39, 0.29) is 5.97 Å². The molecule has 0 aromatic carbocycles. The van der Waals surface area contributed by atoms with Crippen LogP contribution < -0.4 is 4.74 Å². The molecule has 4 heteroatoms. The number of aromatic nitrogens is 2. The van der Waals surface area contributed by atoms with Crippen molar-refractivity contribution in [1.29, 1.82) is 0 Å². The fourth-order valence-corrected chi connectivity index (χ4v) is 1.05. The largest absolute Gasteiger partial charge is 0.407 e. The van der Waals surface area contributed by atoms with Gasteiger partial charge in [0.1, 0.15) is 5.82 Å². The van der Waals surface area contributed by atoms with E-state index in [1.165, 1.54) is 0 Å². The highest BCUT2D eigenvalue weighted by Gasteiger charge is 2.05. The number of carbonyl (C=O) groups excluding carboxylic acids is 1. The zero-order valence-corrected chi connectivity index (χ0v) is 8.77. The first-order valence-electron chi connectivity index (χ1n) is 4.83. The van der Waals surface area contributed by atoms with Gasteiger partial charge < -0.3 is 4.74 Å². The number of hydrogen-bond donors (Lipinski definition) is 0. The second-order valence-electron chi connectivity index (χ2n) is 3.10. The van der Waals surface area contributed by atoms with Gasteiger partial charge >= 0.3 is 5.97 Å². The van der Waals surface area contributed by atoms with Crippen LogP contribution in [0.15, 0.2) is 24.9 Å². The lowest BCUT2D eigenvalue weighted by atomic mass is 10.2. The highest BCUT2D eigenvalue weighted by atomic mass is 16.5. The van der Waals surface area contributed by atoms with Gasteiger partial charge in [-0.1, -0.05) is 6.08 Å². The van der Waals surface area contributed by atoms with E-state index >= 15 is 0 Å². The molecular weight excluding hydrogens is 192 g/mol. The van der Waals surface area contributed by atoms with Crippen LogP contribution in [0.2, 0.25) is 0 Å². The molecule has 0 unspecified atom stereocenters. The normalized spacial score (nSPS) is 9.67. The Hall–Kier alpha value is -1.71. The van der Waals surface area contributed by atoms with Crippen molar-refractivity contribution in [1.82, 2.24) is 9.97 Å². The summed E-state index contributed by atoms with van der Waals surface area (Å²) in [6.45, 7) is 5.33. The number of rotatable bonds is 5. The van der Waals surface area contributed by atoms with Gasteiger partial charge in [0.15, 0.2) is 0 Å². The molecule has 0 N–H and O–H groups in total. The van der Waals surface area contributed by atoms with Crippen LogP contribution in [-0.4, -0.2) is 15.9 Å². The highest BCUT2D eigenvalue weighted by molar-refractivity contribution is 5.71. The van der Waals surface area contributed by atoms with E-state index < -0.39 is 0 Å². The van der Waals surface area contributed by atoms with Crippen LogP contribution in [0.25, 0.3) is 0 Å². The Labute approximate surface area is 89.0 Å². The maximum atomic E-state index is 11.3. The van der Waals surface area contributed by atoms with Crippen molar-refractivity contribution in [3.8, 4) is 5.88 Å². The molecule has 1 rings (SSSR count). The lowest BCUT2D eigenvalue weighted by Crippen LogP contribution is -2.09. The number of carbonyl (C=O) groups is 1. The summed E-state index contributed by atoms with van der Waals surface area (Å²) in [6, 6.07) is 1.57. The molecule has 4 nitrogen and oxygen atoms in total. The number of aryl methyl sites for hydroxylation is 1. The Morgan fingerprint density at radius 3 is 3.13 bits per heavy atom. The molecule has 0 aliphatic carbocycles. The maximum absolute atomic E-state index is 11.3. The van der Waals surface area contributed by atoms with E-state index in [2.05, 4.69) is 16.5 Å². The van der Waals surface area contributed by atoms with E-state index in [1.54, 1.807) is 25.3 Å². The Balaban J connectivity index is 2.40. The van der Waals surface area contributed by atoms with Crippen LogP contribution >= 0.6 is 0 Å². The average Bonchev–Trinajstić information content (AvgIpc) is 2.18. The number of nitrogens with zero attached hydrogens (tertiary/aromatic N) is 2. The fourth-order valence-electron chi connectivity index (χ4n) is 1.05. The van der Waals surface area contributed by atoms with Crippen molar-refractivity contribution in [2.75, 3.05) is 0 Å². The monoisotopic (exact) mass is 206 g/mol. The second-order valence-corrected chi connectivity index (χ2v) is 3.10. The van der Waals surface area contributed by atoms with E-state index in [0.29, 0.717) is 18.1 Å². The third-order valence-corrected chi connectivity index (χ3v) is 1.76.